The van der Waals surface area contributed by atoms with Crippen LogP contribution in [0, 0.1) is 5.92 Å². The molecule has 5 atom stereocenters. The molecule has 0 bridgehead atoms. The summed E-state index contributed by atoms with van der Waals surface area (Å²) in [7, 11) is 1.48. The SMILES string of the molecule is COC(OCCCC(=O)O)C(OCc1ccccc1)C(O)C(OCc1ccccc1)C(C)COC(c1ccccc1)(c1ccccc1)c1ccccc1. The first-order valence-electron chi connectivity index (χ1n) is 18.1. The van der Waals surface area contributed by atoms with Crippen molar-refractivity contribution in [2.75, 3.05) is 20.3 Å². The summed E-state index contributed by atoms with van der Waals surface area (Å²) in [5.74, 6) is -1.29. The highest BCUT2D eigenvalue weighted by atomic mass is 16.7. The lowest BCUT2D eigenvalue weighted by molar-refractivity contribution is -0.243. The van der Waals surface area contributed by atoms with Crippen LogP contribution in [0.1, 0.15) is 47.6 Å². The van der Waals surface area contributed by atoms with Crippen LogP contribution >= 0.6 is 0 Å². The number of ether oxygens (including phenoxy) is 5. The summed E-state index contributed by atoms with van der Waals surface area (Å²) >= 11 is 0. The van der Waals surface area contributed by atoms with Gasteiger partial charge in [0.05, 0.1) is 32.5 Å². The van der Waals surface area contributed by atoms with E-state index < -0.39 is 36.2 Å². The van der Waals surface area contributed by atoms with Crippen LogP contribution < -0.4 is 0 Å². The topological polar surface area (TPSA) is 104 Å². The van der Waals surface area contributed by atoms with E-state index in [0.29, 0.717) is 0 Å². The van der Waals surface area contributed by atoms with Gasteiger partial charge >= 0.3 is 5.97 Å². The van der Waals surface area contributed by atoms with Crippen molar-refractivity contribution in [3.05, 3.63) is 179 Å². The van der Waals surface area contributed by atoms with E-state index in [2.05, 4.69) is 36.4 Å². The zero-order valence-electron chi connectivity index (χ0n) is 30.4. The smallest absolute Gasteiger partial charge is 0.303 e. The number of hydrogen-bond acceptors (Lipinski definition) is 7. The van der Waals surface area contributed by atoms with Crippen molar-refractivity contribution in [3.63, 3.8) is 0 Å². The number of carboxylic acid groups (broad SMARTS) is 1. The number of methoxy groups -OCH3 is 1. The zero-order chi connectivity index (χ0) is 37.3. The molecule has 5 aromatic carbocycles. The van der Waals surface area contributed by atoms with Crippen LogP contribution in [-0.2, 0) is 47.3 Å². The molecule has 0 aliphatic heterocycles. The molecule has 0 saturated carbocycles. The monoisotopic (exact) mass is 718 g/mol. The molecule has 0 heterocycles. The quantitative estimate of drug-likeness (QED) is 0.0422. The molecule has 5 rings (SSSR count). The van der Waals surface area contributed by atoms with E-state index in [4.69, 9.17) is 23.7 Å². The average Bonchev–Trinajstić information content (AvgIpc) is 3.21. The van der Waals surface area contributed by atoms with E-state index >= 15 is 0 Å². The van der Waals surface area contributed by atoms with E-state index in [1.165, 1.54) is 7.11 Å². The van der Waals surface area contributed by atoms with Crippen LogP contribution in [0.15, 0.2) is 152 Å². The second-order valence-electron chi connectivity index (χ2n) is 13.1. The highest BCUT2D eigenvalue weighted by molar-refractivity contribution is 5.66. The van der Waals surface area contributed by atoms with Crippen molar-refractivity contribution in [3.8, 4) is 0 Å². The maximum atomic E-state index is 12.4. The van der Waals surface area contributed by atoms with E-state index in [0.717, 1.165) is 27.8 Å². The fourth-order valence-corrected chi connectivity index (χ4v) is 6.50. The predicted molar refractivity (Wildman–Crippen MR) is 204 cm³/mol. The number of aliphatic carboxylic acids is 1. The molecule has 8 nitrogen and oxygen atoms in total. The van der Waals surface area contributed by atoms with Crippen molar-refractivity contribution < 1.29 is 38.7 Å². The van der Waals surface area contributed by atoms with Crippen LogP contribution in [0.5, 0.6) is 0 Å². The first-order chi connectivity index (χ1) is 25.9. The molecule has 53 heavy (non-hydrogen) atoms. The Bertz CT molecular complexity index is 1640. The number of aliphatic hydroxyl groups excluding tert-OH is 1. The minimum atomic E-state index is -1.25. The fourth-order valence-electron chi connectivity index (χ4n) is 6.50. The van der Waals surface area contributed by atoms with Crippen LogP contribution in [0.25, 0.3) is 0 Å². The van der Waals surface area contributed by atoms with Crippen molar-refractivity contribution in [1.29, 1.82) is 0 Å². The van der Waals surface area contributed by atoms with E-state index in [1.807, 2.05) is 122 Å². The molecule has 278 valence electrons. The molecule has 0 aliphatic rings. The molecule has 0 saturated heterocycles. The van der Waals surface area contributed by atoms with Gasteiger partial charge in [-0.2, -0.15) is 0 Å². The van der Waals surface area contributed by atoms with Gasteiger partial charge in [-0.05, 0) is 34.2 Å². The van der Waals surface area contributed by atoms with Crippen LogP contribution in [-0.4, -0.2) is 61.1 Å². The van der Waals surface area contributed by atoms with Crippen molar-refractivity contribution in [1.82, 2.24) is 0 Å². The average molecular weight is 719 g/mol. The largest absolute Gasteiger partial charge is 0.481 e. The second-order valence-corrected chi connectivity index (χ2v) is 13.1. The fraction of sp³-hybridized carbons (Fsp3) is 0.311. The zero-order valence-corrected chi connectivity index (χ0v) is 30.4. The summed E-state index contributed by atoms with van der Waals surface area (Å²) in [6.07, 6.45) is -3.86. The third-order valence-electron chi connectivity index (χ3n) is 9.23. The lowest BCUT2D eigenvalue weighted by atomic mass is 9.80. The third-order valence-corrected chi connectivity index (χ3v) is 9.23. The molecular weight excluding hydrogens is 668 g/mol. The molecule has 0 aliphatic carbocycles. The number of rotatable bonds is 22. The van der Waals surface area contributed by atoms with Gasteiger partial charge in [-0.25, -0.2) is 0 Å². The van der Waals surface area contributed by atoms with Crippen LogP contribution in [0.2, 0.25) is 0 Å². The maximum absolute atomic E-state index is 12.4. The van der Waals surface area contributed by atoms with Gasteiger partial charge in [0.1, 0.15) is 17.8 Å². The molecule has 0 radical (unpaired) electrons. The van der Waals surface area contributed by atoms with Gasteiger partial charge < -0.3 is 33.9 Å². The summed E-state index contributed by atoms with van der Waals surface area (Å²) in [6, 6.07) is 49.9. The molecule has 0 amide bonds. The lowest BCUT2D eigenvalue weighted by Crippen LogP contribution is -2.51. The van der Waals surface area contributed by atoms with Crippen molar-refractivity contribution in [2.45, 2.75) is 63.2 Å². The van der Waals surface area contributed by atoms with Gasteiger partial charge in [-0.15, -0.1) is 0 Å². The van der Waals surface area contributed by atoms with Gasteiger partial charge in [0.15, 0.2) is 6.29 Å². The highest BCUT2D eigenvalue weighted by Gasteiger charge is 2.42. The van der Waals surface area contributed by atoms with Gasteiger partial charge in [0.25, 0.3) is 0 Å². The summed E-state index contributed by atoms with van der Waals surface area (Å²) in [6.45, 7) is 2.70. The third kappa shape index (κ3) is 10.9. The summed E-state index contributed by atoms with van der Waals surface area (Å²) in [5, 5.41) is 21.5. The maximum Gasteiger partial charge on any atom is 0.303 e. The summed E-state index contributed by atoms with van der Waals surface area (Å²) in [4.78, 5) is 11.2. The Labute approximate surface area is 312 Å². The number of benzene rings is 5. The second kappa shape index (κ2) is 20.5. The van der Waals surface area contributed by atoms with Crippen LogP contribution in [0.4, 0.5) is 0 Å². The van der Waals surface area contributed by atoms with Crippen molar-refractivity contribution in [2.24, 2.45) is 5.92 Å². The van der Waals surface area contributed by atoms with Gasteiger partial charge in [-0.3, -0.25) is 4.79 Å². The normalized spacial score (nSPS) is 14.5. The van der Waals surface area contributed by atoms with Gasteiger partial charge in [0.2, 0.25) is 0 Å². The minimum absolute atomic E-state index is 0.0578. The van der Waals surface area contributed by atoms with Crippen LogP contribution in [0.3, 0.4) is 0 Å². The van der Waals surface area contributed by atoms with Gasteiger partial charge in [-0.1, -0.05) is 159 Å². The van der Waals surface area contributed by atoms with Crippen molar-refractivity contribution >= 4 is 5.97 Å². The molecule has 0 aromatic heterocycles. The lowest BCUT2D eigenvalue weighted by Gasteiger charge is -2.39. The molecule has 5 unspecified atom stereocenters. The summed E-state index contributed by atoms with van der Waals surface area (Å²) in [5.41, 5.74) is 3.76. The van der Waals surface area contributed by atoms with E-state index in [1.54, 1.807) is 0 Å². The van der Waals surface area contributed by atoms with Gasteiger partial charge in [0, 0.05) is 19.4 Å². The molecule has 8 heteroatoms. The number of carbonyl (C=O) groups is 1. The Morgan fingerprint density at radius 1 is 0.623 bits per heavy atom. The number of aliphatic hydroxyl groups is 1. The highest BCUT2D eigenvalue weighted by Crippen LogP contribution is 2.41. The molecular formula is C45H50O8. The Morgan fingerprint density at radius 3 is 1.45 bits per heavy atom. The van der Waals surface area contributed by atoms with E-state index in [-0.39, 0.29) is 45.2 Å². The summed E-state index contributed by atoms with van der Waals surface area (Å²) < 4.78 is 32.0. The van der Waals surface area contributed by atoms with E-state index in [9.17, 15) is 15.0 Å². The number of carboxylic acids is 1. The standard InChI is InChI=1S/C45H50O8/c1-34(31-53-45(37-23-12-5-13-24-37,38-25-14-6-15-26-38)39-27-16-7-17-28-39)42(51-32-35-19-8-3-9-20-35)41(48)43(52-33-36-21-10-4-11-22-36)44(49-2)50-30-18-29-40(46)47/h3-17,19-28,34,41-44,48H,18,29-33H2,1-2H3,(H,46,47). The molecule has 0 spiro atoms. The molecule has 5 aromatic rings. The minimum Gasteiger partial charge on any atom is -0.481 e. The molecule has 2 N–H and O–H groups in total. The predicted octanol–water partition coefficient (Wildman–Crippen LogP) is 8.02. The first kappa shape index (κ1) is 39.5. The molecule has 0 fully saturated rings. The Kier molecular flexibility index (Phi) is 15.3. The first-order valence-corrected chi connectivity index (χ1v) is 18.1. The Balaban J connectivity index is 1.49. The Morgan fingerprint density at radius 2 is 1.04 bits per heavy atom. The Hall–Kier alpha value is -4.67. The number of hydrogen-bond donors (Lipinski definition) is 2.